The van der Waals surface area contributed by atoms with Gasteiger partial charge in [0.1, 0.15) is 5.75 Å². The Balaban J connectivity index is 2.95. The van der Waals surface area contributed by atoms with Gasteiger partial charge in [0.25, 0.3) is 0 Å². The molecule has 0 aliphatic heterocycles. The van der Waals surface area contributed by atoms with Gasteiger partial charge in [-0.15, -0.1) is 0 Å². The molecule has 0 saturated heterocycles. The Bertz CT molecular complexity index is 542. The summed E-state index contributed by atoms with van der Waals surface area (Å²) in [6.07, 6.45) is 1.78. The lowest BCUT2D eigenvalue weighted by atomic mass is 10.2. The molecule has 0 spiro atoms. The van der Waals surface area contributed by atoms with Gasteiger partial charge in [-0.25, -0.2) is 13.1 Å². The van der Waals surface area contributed by atoms with Crippen molar-refractivity contribution in [2.75, 3.05) is 13.7 Å². The van der Waals surface area contributed by atoms with Crippen LogP contribution in [0.2, 0.25) is 0 Å². The second kappa shape index (κ2) is 8.36. The summed E-state index contributed by atoms with van der Waals surface area (Å²) in [6, 6.07) is 5.26. The van der Waals surface area contributed by atoms with E-state index >= 15 is 0 Å². The normalized spacial score (nSPS) is 11.9. The van der Waals surface area contributed by atoms with E-state index in [1.165, 1.54) is 0 Å². The van der Waals surface area contributed by atoms with Crippen LogP contribution in [0.5, 0.6) is 5.75 Å². The molecule has 1 aromatic carbocycles. The minimum Gasteiger partial charge on any atom is -0.496 e. The highest BCUT2D eigenvalue weighted by Gasteiger charge is 2.16. The number of hydrogen-bond donors (Lipinski definition) is 2. The zero-order chi connectivity index (χ0) is 15.9. The molecule has 5 nitrogen and oxygen atoms in total. The van der Waals surface area contributed by atoms with E-state index in [1.807, 2.05) is 20.8 Å². The minimum absolute atomic E-state index is 0.278. The first kappa shape index (κ1) is 17.9. The van der Waals surface area contributed by atoms with E-state index in [0.717, 1.165) is 18.4 Å². The largest absolute Gasteiger partial charge is 0.496 e. The average molecular weight is 314 g/mol. The molecule has 0 heterocycles. The fraction of sp³-hybridized carbons (Fsp3) is 0.600. The summed E-state index contributed by atoms with van der Waals surface area (Å²) in [5.74, 6) is 0.690. The molecule has 0 fully saturated rings. The van der Waals surface area contributed by atoms with Crippen molar-refractivity contribution in [3.8, 4) is 5.75 Å². The summed E-state index contributed by atoms with van der Waals surface area (Å²) in [4.78, 5) is 0.278. The Morgan fingerprint density at radius 1 is 1.29 bits per heavy atom. The summed E-state index contributed by atoms with van der Waals surface area (Å²) in [5, 5.41) is 3.27. The third-order valence-electron chi connectivity index (χ3n) is 3.09. The highest BCUT2D eigenvalue weighted by molar-refractivity contribution is 7.89. The number of benzene rings is 1. The Labute approximate surface area is 128 Å². The lowest BCUT2D eigenvalue weighted by Crippen LogP contribution is -2.25. The van der Waals surface area contributed by atoms with Crippen LogP contribution in [-0.2, 0) is 16.6 Å². The van der Waals surface area contributed by atoms with E-state index in [9.17, 15) is 8.42 Å². The molecule has 6 heteroatoms. The van der Waals surface area contributed by atoms with Crippen LogP contribution < -0.4 is 14.8 Å². The van der Waals surface area contributed by atoms with Gasteiger partial charge in [0.15, 0.2) is 0 Å². The van der Waals surface area contributed by atoms with Crippen molar-refractivity contribution in [2.24, 2.45) is 0 Å². The van der Waals surface area contributed by atoms with Crippen LogP contribution >= 0.6 is 0 Å². The van der Waals surface area contributed by atoms with Gasteiger partial charge in [-0.2, -0.15) is 0 Å². The molecule has 0 radical (unpaired) electrons. The molecule has 0 bridgehead atoms. The van der Waals surface area contributed by atoms with E-state index in [0.29, 0.717) is 24.9 Å². The van der Waals surface area contributed by atoms with Crippen LogP contribution in [0.4, 0.5) is 0 Å². The first-order valence-electron chi connectivity index (χ1n) is 7.30. The second-order valence-corrected chi connectivity index (χ2v) is 7.03. The molecule has 1 rings (SSSR count). The maximum absolute atomic E-state index is 12.2. The highest BCUT2D eigenvalue weighted by atomic mass is 32.2. The van der Waals surface area contributed by atoms with Crippen molar-refractivity contribution in [3.63, 3.8) is 0 Å². The number of nitrogens with one attached hydrogen (secondary N) is 2. The van der Waals surface area contributed by atoms with Gasteiger partial charge < -0.3 is 10.1 Å². The molecular weight excluding hydrogens is 288 g/mol. The summed E-state index contributed by atoms with van der Waals surface area (Å²) in [7, 11) is -1.87. The van der Waals surface area contributed by atoms with Crippen LogP contribution in [0.15, 0.2) is 23.1 Å². The predicted molar refractivity (Wildman–Crippen MR) is 85.1 cm³/mol. The third kappa shape index (κ3) is 5.65. The van der Waals surface area contributed by atoms with Crippen molar-refractivity contribution >= 4 is 10.0 Å². The maximum atomic E-state index is 12.2. The molecule has 21 heavy (non-hydrogen) atoms. The predicted octanol–water partition coefficient (Wildman–Crippen LogP) is 2.27. The van der Waals surface area contributed by atoms with E-state index < -0.39 is 10.0 Å². The number of sulfonamides is 1. The number of rotatable bonds is 9. The molecule has 0 amide bonds. The van der Waals surface area contributed by atoms with Gasteiger partial charge in [-0.1, -0.05) is 27.2 Å². The van der Waals surface area contributed by atoms with Crippen LogP contribution in [0, 0.1) is 0 Å². The standard InChI is InChI=1S/C15H26N2O3S/c1-5-6-9-17-21(18,19)14-7-8-15(20-4)13(10-14)11-16-12(2)3/h7-8,10,12,16-17H,5-6,9,11H2,1-4H3. The topological polar surface area (TPSA) is 67.4 Å². The summed E-state index contributed by atoms with van der Waals surface area (Å²) >= 11 is 0. The van der Waals surface area contributed by atoms with Crippen molar-refractivity contribution in [2.45, 2.75) is 51.1 Å². The van der Waals surface area contributed by atoms with Crippen molar-refractivity contribution in [1.29, 1.82) is 0 Å². The first-order valence-corrected chi connectivity index (χ1v) is 8.79. The molecule has 120 valence electrons. The van der Waals surface area contributed by atoms with Crippen molar-refractivity contribution < 1.29 is 13.2 Å². The third-order valence-corrected chi connectivity index (χ3v) is 4.54. The number of hydrogen-bond acceptors (Lipinski definition) is 4. The monoisotopic (exact) mass is 314 g/mol. The number of ether oxygens (including phenoxy) is 1. The average Bonchev–Trinajstić information content (AvgIpc) is 2.44. The molecule has 0 atom stereocenters. The van der Waals surface area contributed by atoms with Crippen LogP contribution in [0.3, 0.4) is 0 Å². The zero-order valence-electron chi connectivity index (χ0n) is 13.3. The fourth-order valence-corrected chi connectivity index (χ4v) is 2.97. The number of methoxy groups -OCH3 is 1. The molecule has 0 unspecified atom stereocenters. The maximum Gasteiger partial charge on any atom is 0.240 e. The summed E-state index contributed by atoms with van der Waals surface area (Å²) in [5.41, 5.74) is 0.838. The summed E-state index contributed by atoms with van der Waals surface area (Å²) in [6.45, 7) is 7.14. The SMILES string of the molecule is CCCCNS(=O)(=O)c1ccc(OC)c(CNC(C)C)c1. The van der Waals surface area contributed by atoms with E-state index in [1.54, 1.807) is 25.3 Å². The Morgan fingerprint density at radius 3 is 2.57 bits per heavy atom. The minimum atomic E-state index is -3.45. The lowest BCUT2D eigenvalue weighted by molar-refractivity contribution is 0.406. The second-order valence-electron chi connectivity index (χ2n) is 5.26. The van der Waals surface area contributed by atoms with Crippen LogP contribution in [0.1, 0.15) is 39.2 Å². The summed E-state index contributed by atoms with van der Waals surface area (Å²) < 4.78 is 32.4. The van der Waals surface area contributed by atoms with Gasteiger partial charge in [0.2, 0.25) is 10.0 Å². The van der Waals surface area contributed by atoms with Gasteiger partial charge in [0.05, 0.1) is 12.0 Å². The zero-order valence-corrected chi connectivity index (χ0v) is 14.1. The Morgan fingerprint density at radius 2 is 2.00 bits per heavy atom. The van der Waals surface area contributed by atoms with Gasteiger partial charge >= 0.3 is 0 Å². The molecule has 0 aromatic heterocycles. The molecule has 1 aromatic rings. The molecule has 2 N–H and O–H groups in total. The first-order chi connectivity index (χ1) is 9.90. The van der Waals surface area contributed by atoms with Crippen molar-refractivity contribution in [3.05, 3.63) is 23.8 Å². The molecular formula is C15H26N2O3S. The van der Waals surface area contributed by atoms with Gasteiger partial charge in [0, 0.05) is 24.7 Å². The van der Waals surface area contributed by atoms with Crippen molar-refractivity contribution in [1.82, 2.24) is 10.0 Å². The molecule has 0 aliphatic rings. The van der Waals surface area contributed by atoms with E-state index in [-0.39, 0.29) is 4.90 Å². The van der Waals surface area contributed by atoms with Crippen LogP contribution in [-0.4, -0.2) is 28.1 Å². The van der Waals surface area contributed by atoms with Gasteiger partial charge in [-0.05, 0) is 24.6 Å². The quantitative estimate of drug-likeness (QED) is 0.686. The lowest BCUT2D eigenvalue weighted by Gasteiger charge is -2.14. The molecule has 0 aliphatic carbocycles. The Kier molecular flexibility index (Phi) is 7.14. The van der Waals surface area contributed by atoms with E-state index in [2.05, 4.69) is 10.0 Å². The number of unbranched alkanes of at least 4 members (excludes halogenated alkanes) is 1. The Hall–Kier alpha value is -1.11. The van der Waals surface area contributed by atoms with Gasteiger partial charge in [-0.3, -0.25) is 0 Å². The smallest absolute Gasteiger partial charge is 0.240 e. The van der Waals surface area contributed by atoms with Crippen LogP contribution in [0.25, 0.3) is 0 Å². The molecule has 0 saturated carbocycles. The van der Waals surface area contributed by atoms with E-state index in [4.69, 9.17) is 4.74 Å². The highest BCUT2D eigenvalue weighted by Crippen LogP contribution is 2.22. The fourth-order valence-electron chi connectivity index (χ4n) is 1.84.